The summed E-state index contributed by atoms with van der Waals surface area (Å²) in [7, 11) is 0. The number of thiophene rings is 1. The minimum absolute atomic E-state index is 0.0115. The summed E-state index contributed by atoms with van der Waals surface area (Å²) in [6, 6.07) is 9.87. The summed E-state index contributed by atoms with van der Waals surface area (Å²) in [5.41, 5.74) is 2.82. The molecule has 10 heteroatoms. The number of aryl methyl sites for hydroxylation is 2. The van der Waals surface area contributed by atoms with Crippen LogP contribution >= 0.6 is 22.7 Å². The molecule has 0 atom stereocenters. The van der Waals surface area contributed by atoms with Crippen molar-refractivity contribution in [3.63, 3.8) is 0 Å². The molecular formula is C23H23N5O3S2. The first kappa shape index (κ1) is 22.8. The highest BCUT2D eigenvalue weighted by Gasteiger charge is 2.10. The topological polar surface area (TPSA) is 106 Å². The molecule has 0 aliphatic rings. The molecule has 3 heterocycles. The van der Waals surface area contributed by atoms with Gasteiger partial charge in [0.1, 0.15) is 4.83 Å². The molecule has 4 rings (SSSR count). The van der Waals surface area contributed by atoms with Gasteiger partial charge in [0.15, 0.2) is 5.13 Å². The Kier molecular flexibility index (Phi) is 7.26. The van der Waals surface area contributed by atoms with Gasteiger partial charge in [0.2, 0.25) is 11.8 Å². The molecule has 0 saturated carbocycles. The van der Waals surface area contributed by atoms with Gasteiger partial charge in [-0.15, -0.1) is 22.7 Å². The number of hydrogen-bond donors (Lipinski definition) is 2. The van der Waals surface area contributed by atoms with Crippen molar-refractivity contribution in [3.8, 4) is 11.3 Å². The molecule has 0 saturated heterocycles. The minimum Gasteiger partial charge on any atom is -0.356 e. The third kappa shape index (κ3) is 5.91. The molecule has 0 aliphatic heterocycles. The second kappa shape index (κ2) is 10.5. The Morgan fingerprint density at radius 1 is 1.12 bits per heavy atom. The van der Waals surface area contributed by atoms with Crippen LogP contribution in [0.4, 0.5) is 5.13 Å². The smallest absolute Gasteiger partial charge is 0.262 e. The van der Waals surface area contributed by atoms with Crippen LogP contribution in [-0.4, -0.2) is 32.9 Å². The summed E-state index contributed by atoms with van der Waals surface area (Å²) in [6.07, 6.45) is 3.41. The van der Waals surface area contributed by atoms with Gasteiger partial charge in [0.05, 0.1) is 17.4 Å². The Morgan fingerprint density at radius 2 is 1.94 bits per heavy atom. The number of aromatic nitrogens is 3. The van der Waals surface area contributed by atoms with Gasteiger partial charge in [-0.05, 0) is 29.9 Å². The average molecular weight is 482 g/mol. The molecule has 0 aliphatic carbocycles. The maximum absolute atomic E-state index is 12.4. The Hall–Kier alpha value is -3.37. The van der Waals surface area contributed by atoms with E-state index in [0.29, 0.717) is 21.9 Å². The molecule has 0 fully saturated rings. The third-order valence-corrected chi connectivity index (χ3v) is 6.63. The first-order chi connectivity index (χ1) is 16.0. The fraction of sp³-hybridized carbons (Fsp3) is 0.261. The van der Waals surface area contributed by atoms with Crippen LogP contribution in [0.3, 0.4) is 0 Å². The van der Waals surface area contributed by atoms with Crippen LogP contribution in [0.25, 0.3) is 21.5 Å². The van der Waals surface area contributed by atoms with Gasteiger partial charge in [0, 0.05) is 37.4 Å². The highest BCUT2D eigenvalue weighted by Crippen LogP contribution is 2.25. The lowest BCUT2D eigenvalue weighted by atomic mass is 10.1. The SMILES string of the molecule is CC(=O)NCCCc1ccc(-c2csc(NC(=O)CCn3cnc4sccc4c3=O)n2)cc1. The summed E-state index contributed by atoms with van der Waals surface area (Å²) in [4.78, 5) is 45.2. The Balaban J connectivity index is 1.29. The standard InChI is InChI=1S/C23H23N5O3S2/c1-15(29)24-10-2-3-16-4-6-17(7-5-16)19-13-33-23(26-19)27-20(30)8-11-28-14-25-21-18(22(28)31)9-12-32-21/h4-7,9,12-14H,2-3,8,10-11H2,1H3,(H,24,29)(H,26,27,30). The van der Waals surface area contributed by atoms with Crippen molar-refractivity contribution in [3.05, 3.63) is 63.3 Å². The van der Waals surface area contributed by atoms with Gasteiger partial charge in [0.25, 0.3) is 5.56 Å². The van der Waals surface area contributed by atoms with E-state index in [1.165, 1.54) is 46.1 Å². The number of thiazole rings is 1. The van der Waals surface area contributed by atoms with Crippen LogP contribution in [0.1, 0.15) is 25.3 Å². The number of carbonyl (C=O) groups excluding carboxylic acids is 2. The monoisotopic (exact) mass is 481 g/mol. The number of amides is 2. The molecule has 8 nitrogen and oxygen atoms in total. The molecule has 3 aromatic heterocycles. The lowest BCUT2D eigenvalue weighted by Crippen LogP contribution is -2.23. The number of nitrogens with zero attached hydrogens (tertiary/aromatic N) is 3. The number of nitrogens with one attached hydrogen (secondary N) is 2. The van der Waals surface area contributed by atoms with Gasteiger partial charge in [-0.3, -0.25) is 19.0 Å². The molecule has 2 amide bonds. The summed E-state index contributed by atoms with van der Waals surface area (Å²) in [6.45, 7) is 2.44. The zero-order valence-electron chi connectivity index (χ0n) is 18.0. The quantitative estimate of drug-likeness (QED) is 0.355. The van der Waals surface area contributed by atoms with Gasteiger partial charge in [-0.2, -0.15) is 0 Å². The fourth-order valence-electron chi connectivity index (χ4n) is 3.32. The second-order valence-electron chi connectivity index (χ2n) is 7.50. The van der Waals surface area contributed by atoms with Crippen LogP contribution in [0.5, 0.6) is 0 Å². The molecular weight excluding hydrogens is 458 g/mol. The molecule has 170 valence electrons. The van der Waals surface area contributed by atoms with E-state index < -0.39 is 0 Å². The fourth-order valence-corrected chi connectivity index (χ4v) is 4.78. The zero-order chi connectivity index (χ0) is 23.2. The van der Waals surface area contributed by atoms with Crippen LogP contribution in [-0.2, 0) is 22.6 Å². The van der Waals surface area contributed by atoms with E-state index >= 15 is 0 Å². The Labute approximate surface area is 198 Å². The van der Waals surface area contributed by atoms with Crippen LogP contribution < -0.4 is 16.2 Å². The van der Waals surface area contributed by atoms with Crippen molar-refractivity contribution in [1.82, 2.24) is 19.9 Å². The average Bonchev–Trinajstić information content (AvgIpc) is 3.47. The molecule has 0 radical (unpaired) electrons. The van der Waals surface area contributed by atoms with Gasteiger partial charge >= 0.3 is 0 Å². The van der Waals surface area contributed by atoms with E-state index in [1.54, 1.807) is 6.07 Å². The second-order valence-corrected chi connectivity index (χ2v) is 9.25. The predicted molar refractivity (Wildman–Crippen MR) is 132 cm³/mol. The number of hydrogen-bond acceptors (Lipinski definition) is 7. The molecule has 0 bridgehead atoms. The third-order valence-electron chi connectivity index (χ3n) is 5.05. The summed E-state index contributed by atoms with van der Waals surface area (Å²) < 4.78 is 1.46. The lowest BCUT2D eigenvalue weighted by Gasteiger charge is -2.05. The van der Waals surface area contributed by atoms with E-state index in [-0.39, 0.29) is 30.3 Å². The van der Waals surface area contributed by atoms with Crippen molar-refractivity contribution in [1.29, 1.82) is 0 Å². The Morgan fingerprint density at radius 3 is 2.73 bits per heavy atom. The largest absolute Gasteiger partial charge is 0.356 e. The molecule has 33 heavy (non-hydrogen) atoms. The molecule has 0 spiro atoms. The predicted octanol–water partition coefficient (Wildman–Crippen LogP) is 3.68. The molecule has 4 aromatic rings. The number of rotatable bonds is 9. The zero-order valence-corrected chi connectivity index (χ0v) is 19.7. The summed E-state index contributed by atoms with van der Waals surface area (Å²) >= 11 is 2.78. The number of benzene rings is 1. The highest BCUT2D eigenvalue weighted by atomic mass is 32.1. The summed E-state index contributed by atoms with van der Waals surface area (Å²) in [5, 5.41) is 10.4. The van der Waals surface area contributed by atoms with E-state index in [0.717, 1.165) is 24.1 Å². The first-order valence-electron chi connectivity index (χ1n) is 10.5. The van der Waals surface area contributed by atoms with E-state index in [2.05, 4.69) is 32.7 Å². The molecule has 2 N–H and O–H groups in total. The first-order valence-corrected chi connectivity index (χ1v) is 12.3. The Bertz CT molecular complexity index is 1320. The van der Waals surface area contributed by atoms with Crippen molar-refractivity contribution >= 4 is 49.8 Å². The van der Waals surface area contributed by atoms with Gasteiger partial charge in [-0.1, -0.05) is 24.3 Å². The number of anilines is 1. The van der Waals surface area contributed by atoms with Crippen molar-refractivity contribution in [2.45, 2.75) is 32.7 Å². The van der Waals surface area contributed by atoms with Gasteiger partial charge < -0.3 is 10.6 Å². The maximum atomic E-state index is 12.4. The lowest BCUT2D eigenvalue weighted by molar-refractivity contribution is -0.119. The van der Waals surface area contributed by atoms with Gasteiger partial charge in [-0.25, -0.2) is 9.97 Å². The molecule has 0 unspecified atom stereocenters. The summed E-state index contributed by atoms with van der Waals surface area (Å²) in [5.74, 6) is -0.217. The minimum atomic E-state index is -0.206. The number of fused-ring (bicyclic) bond motifs is 1. The van der Waals surface area contributed by atoms with Crippen molar-refractivity contribution < 1.29 is 9.59 Å². The van der Waals surface area contributed by atoms with E-state index in [4.69, 9.17) is 0 Å². The maximum Gasteiger partial charge on any atom is 0.262 e. The van der Waals surface area contributed by atoms with Crippen molar-refractivity contribution in [2.75, 3.05) is 11.9 Å². The van der Waals surface area contributed by atoms with E-state index in [9.17, 15) is 14.4 Å². The van der Waals surface area contributed by atoms with Crippen LogP contribution in [0.2, 0.25) is 0 Å². The normalized spacial score (nSPS) is 10.9. The molecule has 1 aromatic carbocycles. The van der Waals surface area contributed by atoms with Crippen LogP contribution in [0.15, 0.2) is 52.2 Å². The number of carbonyl (C=O) groups is 2. The highest BCUT2D eigenvalue weighted by molar-refractivity contribution is 7.16. The van der Waals surface area contributed by atoms with Crippen molar-refractivity contribution in [2.24, 2.45) is 0 Å². The van der Waals surface area contributed by atoms with E-state index in [1.807, 2.05) is 22.9 Å². The van der Waals surface area contributed by atoms with Crippen LogP contribution in [0, 0.1) is 0 Å².